The fraction of sp³-hybridized carbons (Fsp3) is 0.375. The van der Waals surface area contributed by atoms with E-state index in [9.17, 15) is 4.79 Å². The summed E-state index contributed by atoms with van der Waals surface area (Å²) in [6.07, 6.45) is 1.68. The molecule has 1 amide bonds. The first-order valence-electron chi connectivity index (χ1n) is 7.32. The Bertz CT molecular complexity index is 652. The molecule has 9 heteroatoms. The van der Waals surface area contributed by atoms with Gasteiger partial charge in [0.15, 0.2) is 5.76 Å². The molecule has 0 aliphatic carbocycles. The van der Waals surface area contributed by atoms with Crippen LogP contribution in [0.15, 0.2) is 34.9 Å². The van der Waals surface area contributed by atoms with Crippen molar-refractivity contribution in [2.45, 2.75) is 30.9 Å². The summed E-state index contributed by atoms with van der Waals surface area (Å²) < 4.78 is 5.72. The number of carbonyl (C=O) groups is 1. The van der Waals surface area contributed by atoms with Crippen molar-refractivity contribution >= 4 is 54.1 Å². The van der Waals surface area contributed by atoms with Gasteiger partial charge in [-0.05, 0) is 38.1 Å². The van der Waals surface area contributed by atoms with Crippen LogP contribution in [0.5, 0.6) is 0 Å². The van der Waals surface area contributed by atoms with Gasteiger partial charge in [0.1, 0.15) is 0 Å². The van der Waals surface area contributed by atoms with Crippen molar-refractivity contribution in [2.75, 3.05) is 6.54 Å². The van der Waals surface area contributed by atoms with E-state index in [4.69, 9.17) is 21.8 Å². The number of rotatable bonds is 7. The van der Waals surface area contributed by atoms with Crippen molar-refractivity contribution in [3.63, 3.8) is 0 Å². The monoisotopic (exact) mass is 425 g/mol. The van der Waals surface area contributed by atoms with Crippen molar-refractivity contribution in [1.82, 2.24) is 10.3 Å². The first kappa shape index (κ1) is 24.1. The summed E-state index contributed by atoms with van der Waals surface area (Å²) in [6, 6.07) is 7.34. The molecule has 2 atom stereocenters. The van der Waals surface area contributed by atoms with Crippen LogP contribution in [0, 0.1) is 0 Å². The lowest BCUT2D eigenvalue weighted by Gasteiger charge is -2.15. The highest BCUT2D eigenvalue weighted by Crippen LogP contribution is 2.25. The number of carbonyl (C=O) groups excluding carboxylic acids is 1. The molecule has 1 heterocycles. The summed E-state index contributed by atoms with van der Waals surface area (Å²) in [5.41, 5.74) is 6.42. The van der Waals surface area contributed by atoms with E-state index in [1.807, 2.05) is 26.0 Å². The molecule has 0 radical (unpaired) electrons. The van der Waals surface area contributed by atoms with Gasteiger partial charge in [0, 0.05) is 23.2 Å². The molecule has 1 aromatic carbocycles. The van der Waals surface area contributed by atoms with E-state index in [-0.39, 0.29) is 42.0 Å². The van der Waals surface area contributed by atoms with Gasteiger partial charge < -0.3 is 15.5 Å². The van der Waals surface area contributed by atoms with Crippen LogP contribution in [0.1, 0.15) is 19.7 Å². The molecule has 2 rings (SSSR count). The third kappa shape index (κ3) is 7.46. The van der Waals surface area contributed by atoms with Crippen LogP contribution in [0.2, 0.25) is 5.02 Å². The van der Waals surface area contributed by atoms with E-state index in [1.165, 1.54) is 11.8 Å². The number of nitrogens with zero attached hydrogens (tertiary/aromatic N) is 1. The van der Waals surface area contributed by atoms with Crippen LogP contribution in [0.4, 0.5) is 0 Å². The third-order valence-electron chi connectivity index (χ3n) is 3.25. The first-order chi connectivity index (χ1) is 11.0. The maximum absolute atomic E-state index is 11.9. The Balaban J connectivity index is 0.00000288. The second-order valence-corrected chi connectivity index (χ2v) is 6.99. The van der Waals surface area contributed by atoms with Crippen molar-refractivity contribution in [2.24, 2.45) is 5.73 Å². The van der Waals surface area contributed by atoms with E-state index in [0.717, 1.165) is 5.56 Å². The molecule has 5 nitrogen and oxygen atoms in total. The van der Waals surface area contributed by atoms with E-state index in [0.29, 0.717) is 29.0 Å². The number of benzene rings is 1. The summed E-state index contributed by atoms with van der Waals surface area (Å²) in [5, 5.41) is 3.33. The number of halogens is 3. The second kappa shape index (κ2) is 11.6. The molecule has 0 aliphatic rings. The minimum Gasteiger partial charge on any atom is -0.440 e. The molecule has 0 fully saturated rings. The Morgan fingerprint density at radius 1 is 1.32 bits per heavy atom. The Morgan fingerprint density at radius 3 is 2.56 bits per heavy atom. The van der Waals surface area contributed by atoms with Crippen molar-refractivity contribution in [3.05, 3.63) is 41.4 Å². The summed E-state index contributed by atoms with van der Waals surface area (Å²) in [5.74, 6) is 1.77. The largest absolute Gasteiger partial charge is 0.440 e. The van der Waals surface area contributed by atoms with Gasteiger partial charge in [0.05, 0.1) is 17.2 Å². The molecule has 0 bridgehead atoms. The molecular formula is C16H22Cl3N3O2S. The Hall–Kier alpha value is -0.920. The Morgan fingerprint density at radius 2 is 1.96 bits per heavy atom. The molecule has 1 unspecified atom stereocenters. The lowest BCUT2D eigenvalue weighted by atomic mass is 10.2. The lowest BCUT2D eigenvalue weighted by Crippen LogP contribution is -2.41. The van der Waals surface area contributed by atoms with Gasteiger partial charge in [-0.1, -0.05) is 11.6 Å². The highest BCUT2D eigenvalue weighted by molar-refractivity contribution is 7.99. The van der Waals surface area contributed by atoms with Crippen LogP contribution >= 0.6 is 48.2 Å². The van der Waals surface area contributed by atoms with Crippen LogP contribution in [-0.2, 0) is 10.5 Å². The zero-order valence-electron chi connectivity index (χ0n) is 13.9. The van der Waals surface area contributed by atoms with Gasteiger partial charge in [-0.2, -0.15) is 0 Å². The van der Waals surface area contributed by atoms with Gasteiger partial charge in [-0.3, -0.25) is 4.79 Å². The number of nitrogens with one attached hydrogen (secondary N) is 1. The van der Waals surface area contributed by atoms with E-state index >= 15 is 0 Å². The van der Waals surface area contributed by atoms with Gasteiger partial charge in [0.25, 0.3) is 0 Å². The van der Waals surface area contributed by atoms with Crippen molar-refractivity contribution in [1.29, 1.82) is 0 Å². The molecule has 0 saturated heterocycles. The van der Waals surface area contributed by atoms with Crippen LogP contribution in [0.3, 0.4) is 0 Å². The molecule has 25 heavy (non-hydrogen) atoms. The topological polar surface area (TPSA) is 81.2 Å². The molecule has 0 aliphatic heterocycles. The third-order valence-corrected chi connectivity index (χ3v) is 4.63. The second-order valence-electron chi connectivity index (χ2n) is 5.22. The Kier molecular flexibility index (Phi) is 11.2. The molecule has 0 spiro atoms. The number of aromatic nitrogens is 1. The summed E-state index contributed by atoms with van der Waals surface area (Å²) in [6.45, 7) is 4.15. The molecule has 140 valence electrons. The fourth-order valence-electron chi connectivity index (χ4n) is 1.82. The molecule has 1 aromatic heterocycles. The smallest absolute Gasteiger partial charge is 0.233 e. The molecule has 0 saturated carbocycles. The standard InChI is InChI=1S/C16H20ClN3O2S.2ClH/c1-10(7-18)20-16(21)11(2)23-9-15-19-8-14(22-15)12-3-5-13(17)6-4-12;;/h3-6,8,10-11H,7,9,18H2,1-2H3,(H,20,21);2*1H/t10-,11?;;/m0../s1. The summed E-state index contributed by atoms with van der Waals surface area (Å²) in [7, 11) is 0. The number of nitrogens with two attached hydrogens (primary N) is 1. The van der Waals surface area contributed by atoms with Gasteiger partial charge in [0.2, 0.25) is 11.8 Å². The highest BCUT2D eigenvalue weighted by atomic mass is 35.5. The molecule has 2 aromatic rings. The van der Waals surface area contributed by atoms with Crippen LogP contribution < -0.4 is 11.1 Å². The van der Waals surface area contributed by atoms with E-state index < -0.39 is 0 Å². The van der Waals surface area contributed by atoms with Crippen LogP contribution in [0.25, 0.3) is 11.3 Å². The number of hydrogen-bond acceptors (Lipinski definition) is 5. The number of hydrogen-bond donors (Lipinski definition) is 2. The average Bonchev–Trinajstić information content (AvgIpc) is 3.02. The SMILES string of the molecule is CC(SCc1ncc(-c2ccc(Cl)cc2)o1)C(=O)N[C@@H](C)CN.Cl.Cl. The van der Waals surface area contributed by atoms with Gasteiger partial charge in [-0.25, -0.2) is 4.98 Å². The maximum Gasteiger partial charge on any atom is 0.233 e. The summed E-state index contributed by atoms with van der Waals surface area (Å²) >= 11 is 7.34. The Labute approximate surface area is 169 Å². The predicted octanol–water partition coefficient (Wildman–Crippen LogP) is 3.92. The van der Waals surface area contributed by atoms with E-state index in [1.54, 1.807) is 18.3 Å². The minimum atomic E-state index is -0.199. The van der Waals surface area contributed by atoms with Crippen molar-refractivity contribution in [3.8, 4) is 11.3 Å². The van der Waals surface area contributed by atoms with E-state index in [2.05, 4.69) is 10.3 Å². The summed E-state index contributed by atoms with van der Waals surface area (Å²) in [4.78, 5) is 16.2. The van der Waals surface area contributed by atoms with Crippen LogP contribution in [-0.4, -0.2) is 28.7 Å². The number of thioether (sulfide) groups is 1. The van der Waals surface area contributed by atoms with Crippen molar-refractivity contribution < 1.29 is 9.21 Å². The first-order valence-corrected chi connectivity index (χ1v) is 8.75. The lowest BCUT2D eigenvalue weighted by molar-refractivity contribution is -0.120. The average molecular weight is 427 g/mol. The van der Waals surface area contributed by atoms with Gasteiger partial charge >= 0.3 is 0 Å². The zero-order valence-corrected chi connectivity index (χ0v) is 17.1. The number of oxazole rings is 1. The predicted molar refractivity (Wildman–Crippen MR) is 109 cm³/mol. The zero-order chi connectivity index (χ0) is 16.8. The molecule has 3 N–H and O–H groups in total. The quantitative estimate of drug-likeness (QED) is 0.701. The maximum atomic E-state index is 11.9. The molecular weight excluding hydrogens is 405 g/mol. The number of amides is 1. The minimum absolute atomic E-state index is 0. The highest BCUT2D eigenvalue weighted by Gasteiger charge is 2.16. The fourth-order valence-corrected chi connectivity index (χ4v) is 2.69. The van der Waals surface area contributed by atoms with Gasteiger partial charge in [-0.15, -0.1) is 36.6 Å². The normalized spacial score (nSPS) is 12.5.